The quantitative estimate of drug-likeness (QED) is 0.538. The van der Waals surface area contributed by atoms with Gasteiger partial charge in [-0.15, -0.1) is 5.10 Å². The SMILES string of the molecule is NC(=O)Cn1ccnn1. The number of carbonyl (C=O) groups is 1. The molecule has 1 rings (SSSR count). The van der Waals surface area contributed by atoms with Gasteiger partial charge in [0.1, 0.15) is 6.54 Å². The minimum Gasteiger partial charge on any atom is -0.368 e. The first kappa shape index (κ1) is 5.74. The van der Waals surface area contributed by atoms with Crippen LogP contribution in [-0.4, -0.2) is 20.9 Å². The zero-order chi connectivity index (χ0) is 6.69. The number of hydrogen-bond donors (Lipinski definition) is 1. The topological polar surface area (TPSA) is 73.8 Å². The van der Waals surface area contributed by atoms with E-state index in [2.05, 4.69) is 10.3 Å². The Kier molecular flexibility index (Phi) is 1.44. The fraction of sp³-hybridized carbons (Fsp3) is 0.250. The highest BCUT2D eigenvalue weighted by atomic mass is 16.1. The molecule has 9 heavy (non-hydrogen) atoms. The van der Waals surface area contributed by atoms with E-state index < -0.39 is 5.91 Å². The van der Waals surface area contributed by atoms with Crippen molar-refractivity contribution in [2.24, 2.45) is 5.73 Å². The van der Waals surface area contributed by atoms with Gasteiger partial charge in [0.15, 0.2) is 0 Å². The predicted molar refractivity (Wildman–Crippen MR) is 29.2 cm³/mol. The van der Waals surface area contributed by atoms with Crippen LogP contribution in [0.3, 0.4) is 0 Å². The zero-order valence-corrected chi connectivity index (χ0v) is 4.69. The molecule has 0 radical (unpaired) electrons. The van der Waals surface area contributed by atoms with Crippen LogP contribution < -0.4 is 5.73 Å². The van der Waals surface area contributed by atoms with Gasteiger partial charge in [0.2, 0.25) is 5.91 Å². The molecule has 0 unspecified atom stereocenters. The van der Waals surface area contributed by atoms with Gasteiger partial charge in [-0.3, -0.25) is 4.79 Å². The van der Waals surface area contributed by atoms with Crippen LogP contribution in [0.2, 0.25) is 0 Å². The van der Waals surface area contributed by atoms with Crippen molar-refractivity contribution in [2.75, 3.05) is 0 Å². The van der Waals surface area contributed by atoms with Crippen molar-refractivity contribution in [3.63, 3.8) is 0 Å². The molecule has 0 aliphatic carbocycles. The Morgan fingerprint density at radius 1 is 1.78 bits per heavy atom. The summed E-state index contributed by atoms with van der Waals surface area (Å²) in [5.74, 6) is -0.416. The van der Waals surface area contributed by atoms with Gasteiger partial charge in [0.25, 0.3) is 0 Å². The minimum atomic E-state index is -0.416. The summed E-state index contributed by atoms with van der Waals surface area (Å²) in [6.45, 7) is 0.0972. The van der Waals surface area contributed by atoms with Crippen molar-refractivity contribution in [3.05, 3.63) is 12.4 Å². The van der Waals surface area contributed by atoms with Crippen molar-refractivity contribution in [2.45, 2.75) is 6.54 Å². The van der Waals surface area contributed by atoms with E-state index in [0.717, 1.165) is 0 Å². The van der Waals surface area contributed by atoms with Crippen LogP contribution in [0.15, 0.2) is 12.4 Å². The Labute approximate surface area is 51.5 Å². The number of nitrogens with two attached hydrogens (primary N) is 1. The highest BCUT2D eigenvalue weighted by Gasteiger charge is 1.94. The predicted octanol–water partition coefficient (Wildman–Crippen LogP) is -1.24. The van der Waals surface area contributed by atoms with Gasteiger partial charge in [-0.1, -0.05) is 5.21 Å². The van der Waals surface area contributed by atoms with Crippen LogP contribution in [0.5, 0.6) is 0 Å². The largest absolute Gasteiger partial charge is 0.368 e. The molecule has 1 heterocycles. The van der Waals surface area contributed by atoms with Crippen LogP contribution in [0, 0.1) is 0 Å². The van der Waals surface area contributed by atoms with E-state index in [4.69, 9.17) is 5.73 Å². The van der Waals surface area contributed by atoms with Crippen LogP contribution in [0.1, 0.15) is 0 Å². The molecule has 0 aliphatic heterocycles. The van der Waals surface area contributed by atoms with Gasteiger partial charge >= 0.3 is 0 Å². The number of carbonyl (C=O) groups excluding carboxylic acids is 1. The van der Waals surface area contributed by atoms with E-state index in [1.54, 1.807) is 6.20 Å². The summed E-state index contributed by atoms with van der Waals surface area (Å²) < 4.78 is 1.36. The van der Waals surface area contributed by atoms with Gasteiger partial charge in [-0.2, -0.15) is 0 Å². The number of nitrogens with zero attached hydrogens (tertiary/aromatic N) is 3. The second-order valence-corrected chi connectivity index (χ2v) is 1.57. The Bertz CT molecular complexity index is 192. The van der Waals surface area contributed by atoms with Crippen molar-refractivity contribution in [3.8, 4) is 0 Å². The molecule has 1 aromatic rings. The lowest BCUT2D eigenvalue weighted by molar-refractivity contribution is -0.118. The molecule has 2 N–H and O–H groups in total. The van der Waals surface area contributed by atoms with Gasteiger partial charge in [0.05, 0.1) is 6.20 Å². The maximum absolute atomic E-state index is 10.2. The molecule has 5 nitrogen and oxygen atoms in total. The minimum absolute atomic E-state index is 0.0972. The van der Waals surface area contributed by atoms with Gasteiger partial charge in [-0.25, -0.2) is 4.68 Å². The number of primary amides is 1. The summed E-state index contributed by atoms with van der Waals surface area (Å²) in [7, 11) is 0. The molecular weight excluding hydrogens is 120 g/mol. The monoisotopic (exact) mass is 126 g/mol. The lowest BCUT2D eigenvalue weighted by atomic mass is 10.6. The summed E-state index contributed by atoms with van der Waals surface area (Å²) in [6, 6.07) is 0. The molecule has 0 aliphatic rings. The average Bonchev–Trinajstić information content (AvgIpc) is 2.15. The highest BCUT2D eigenvalue weighted by Crippen LogP contribution is 1.77. The second-order valence-electron chi connectivity index (χ2n) is 1.57. The second kappa shape index (κ2) is 2.25. The Morgan fingerprint density at radius 3 is 3.00 bits per heavy atom. The Morgan fingerprint density at radius 2 is 2.56 bits per heavy atom. The third-order valence-corrected chi connectivity index (χ3v) is 0.790. The standard InChI is InChI=1S/C4H6N4O/c5-4(9)3-8-2-1-6-7-8/h1-2H,3H2,(H2,5,9). The smallest absolute Gasteiger partial charge is 0.239 e. The van der Waals surface area contributed by atoms with Crippen LogP contribution in [0.25, 0.3) is 0 Å². The molecule has 1 aromatic heterocycles. The molecule has 0 spiro atoms. The first-order valence-corrected chi connectivity index (χ1v) is 2.41. The summed E-state index contributed by atoms with van der Waals surface area (Å²) in [6.07, 6.45) is 3.06. The first-order chi connectivity index (χ1) is 4.29. The number of hydrogen-bond acceptors (Lipinski definition) is 3. The van der Waals surface area contributed by atoms with Crippen molar-refractivity contribution in [1.29, 1.82) is 0 Å². The van der Waals surface area contributed by atoms with E-state index in [9.17, 15) is 4.79 Å². The van der Waals surface area contributed by atoms with Gasteiger partial charge in [0, 0.05) is 6.20 Å². The summed E-state index contributed by atoms with van der Waals surface area (Å²) >= 11 is 0. The molecule has 5 heteroatoms. The Hall–Kier alpha value is -1.39. The fourth-order valence-electron chi connectivity index (χ4n) is 0.477. The summed E-state index contributed by atoms with van der Waals surface area (Å²) in [4.78, 5) is 10.2. The van der Waals surface area contributed by atoms with E-state index >= 15 is 0 Å². The van der Waals surface area contributed by atoms with Crippen molar-refractivity contribution >= 4 is 5.91 Å². The molecule has 1 amide bonds. The summed E-state index contributed by atoms with van der Waals surface area (Å²) in [5.41, 5.74) is 4.86. The van der Waals surface area contributed by atoms with E-state index in [0.29, 0.717) is 0 Å². The van der Waals surface area contributed by atoms with Gasteiger partial charge in [-0.05, 0) is 0 Å². The maximum atomic E-state index is 10.2. The number of aromatic nitrogens is 3. The fourth-order valence-corrected chi connectivity index (χ4v) is 0.477. The molecule has 0 bridgehead atoms. The maximum Gasteiger partial charge on any atom is 0.239 e. The number of amides is 1. The molecule has 0 fully saturated rings. The highest BCUT2D eigenvalue weighted by molar-refractivity contribution is 5.73. The summed E-state index contributed by atoms with van der Waals surface area (Å²) in [5, 5.41) is 7.00. The van der Waals surface area contributed by atoms with Crippen LogP contribution >= 0.6 is 0 Å². The number of rotatable bonds is 2. The zero-order valence-electron chi connectivity index (χ0n) is 4.69. The average molecular weight is 126 g/mol. The third-order valence-electron chi connectivity index (χ3n) is 0.790. The third kappa shape index (κ3) is 1.52. The lowest BCUT2D eigenvalue weighted by Crippen LogP contribution is -2.18. The van der Waals surface area contributed by atoms with E-state index in [1.807, 2.05) is 0 Å². The van der Waals surface area contributed by atoms with Crippen molar-refractivity contribution < 1.29 is 4.79 Å². The molecule has 0 saturated heterocycles. The van der Waals surface area contributed by atoms with E-state index in [-0.39, 0.29) is 6.54 Å². The lowest BCUT2D eigenvalue weighted by Gasteiger charge is -1.90. The first-order valence-electron chi connectivity index (χ1n) is 2.41. The molecule has 48 valence electrons. The van der Waals surface area contributed by atoms with Crippen molar-refractivity contribution in [1.82, 2.24) is 15.0 Å². The molecule has 0 atom stereocenters. The Balaban J connectivity index is 2.58. The molecule has 0 saturated carbocycles. The molecular formula is C4H6N4O. The van der Waals surface area contributed by atoms with E-state index in [1.165, 1.54) is 10.9 Å². The molecule has 0 aromatic carbocycles. The normalized spacial score (nSPS) is 9.33. The van der Waals surface area contributed by atoms with Crippen LogP contribution in [0.4, 0.5) is 0 Å². The van der Waals surface area contributed by atoms with Crippen LogP contribution in [-0.2, 0) is 11.3 Å². The van der Waals surface area contributed by atoms with Gasteiger partial charge < -0.3 is 5.73 Å².